The Bertz CT molecular complexity index is 651. The summed E-state index contributed by atoms with van der Waals surface area (Å²) in [5.41, 5.74) is 0.278. The van der Waals surface area contributed by atoms with Crippen molar-refractivity contribution in [3.63, 3.8) is 0 Å². The lowest BCUT2D eigenvalue weighted by molar-refractivity contribution is -0.143. The van der Waals surface area contributed by atoms with E-state index in [-0.39, 0.29) is 36.3 Å². The predicted molar refractivity (Wildman–Crippen MR) is 83.4 cm³/mol. The third-order valence-electron chi connectivity index (χ3n) is 4.54. The van der Waals surface area contributed by atoms with Crippen molar-refractivity contribution in [2.45, 2.75) is 44.2 Å². The first-order valence-electron chi connectivity index (χ1n) is 8.19. The summed E-state index contributed by atoms with van der Waals surface area (Å²) in [5.74, 6) is -1.33. The molecule has 1 aromatic carbocycles. The maximum absolute atomic E-state index is 13.8. The average Bonchev–Trinajstić information content (AvgIpc) is 3.23. The summed E-state index contributed by atoms with van der Waals surface area (Å²) in [6.45, 7) is 0.753. The molecule has 2 atom stereocenters. The Morgan fingerprint density at radius 2 is 2.25 bits per heavy atom. The van der Waals surface area contributed by atoms with E-state index >= 15 is 0 Å². The minimum Gasteiger partial charge on any atom is -0.396 e. The van der Waals surface area contributed by atoms with E-state index in [4.69, 9.17) is 9.94 Å². The van der Waals surface area contributed by atoms with Gasteiger partial charge in [-0.1, -0.05) is 5.16 Å². The molecule has 5 nitrogen and oxygen atoms in total. The van der Waals surface area contributed by atoms with E-state index in [1.165, 1.54) is 0 Å². The third kappa shape index (κ3) is 3.40. The fourth-order valence-electron chi connectivity index (χ4n) is 3.33. The smallest absolute Gasteiger partial charge is 0.267 e. The number of hydrogen-bond acceptors (Lipinski definition) is 4. The summed E-state index contributed by atoms with van der Waals surface area (Å²) in [5, 5.41) is 12.8. The molecule has 0 spiro atoms. The third-order valence-corrected chi connectivity index (χ3v) is 4.54. The second-order valence-electron chi connectivity index (χ2n) is 6.15. The summed E-state index contributed by atoms with van der Waals surface area (Å²) >= 11 is 0. The Labute approximate surface area is 138 Å². The molecule has 1 fully saturated rings. The van der Waals surface area contributed by atoms with Gasteiger partial charge in [0.15, 0.2) is 0 Å². The molecule has 1 saturated heterocycles. The molecule has 24 heavy (non-hydrogen) atoms. The first kappa shape index (κ1) is 16.8. The van der Waals surface area contributed by atoms with E-state index in [1.54, 1.807) is 4.90 Å². The zero-order valence-corrected chi connectivity index (χ0v) is 13.3. The van der Waals surface area contributed by atoms with Crippen LogP contribution in [0.2, 0.25) is 0 Å². The Balaban J connectivity index is 1.66. The second kappa shape index (κ2) is 7.25. The number of oxime groups is 1. The number of nitrogens with zero attached hydrogens (tertiary/aromatic N) is 2. The van der Waals surface area contributed by atoms with Crippen molar-refractivity contribution < 1.29 is 23.5 Å². The quantitative estimate of drug-likeness (QED) is 0.895. The maximum atomic E-state index is 13.8. The average molecular weight is 338 g/mol. The van der Waals surface area contributed by atoms with Gasteiger partial charge in [0.2, 0.25) is 6.10 Å². The number of halogens is 2. The fraction of sp³-hybridized carbons (Fsp3) is 0.529. The fourth-order valence-corrected chi connectivity index (χ4v) is 3.33. The summed E-state index contributed by atoms with van der Waals surface area (Å²) in [4.78, 5) is 19.6. The number of amides is 1. The largest absolute Gasteiger partial charge is 0.396 e. The standard InChI is InChI=1S/C17H20F2N2O3/c18-11-5-6-14(19)13(9-11)15-10-16(24-20-15)17(23)21-7-1-3-12(21)4-2-8-22/h5-6,9,12,16,22H,1-4,7-8,10H2. The van der Waals surface area contributed by atoms with E-state index in [2.05, 4.69) is 5.16 Å². The number of carbonyl (C=O) groups is 1. The van der Waals surface area contributed by atoms with Gasteiger partial charge in [0, 0.05) is 31.2 Å². The topological polar surface area (TPSA) is 62.1 Å². The molecule has 1 amide bonds. The van der Waals surface area contributed by atoms with E-state index in [0.29, 0.717) is 13.0 Å². The van der Waals surface area contributed by atoms with Crippen molar-refractivity contribution in [2.24, 2.45) is 5.16 Å². The van der Waals surface area contributed by atoms with Gasteiger partial charge in [0.05, 0.1) is 5.71 Å². The summed E-state index contributed by atoms with van der Waals surface area (Å²) < 4.78 is 27.1. The van der Waals surface area contributed by atoms with E-state index in [1.807, 2.05) is 0 Å². The van der Waals surface area contributed by atoms with E-state index < -0.39 is 17.7 Å². The molecule has 2 unspecified atom stereocenters. The van der Waals surface area contributed by atoms with Crippen LogP contribution in [0.5, 0.6) is 0 Å². The van der Waals surface area contributed by atoms with E-state index in [0.717, 1.165) is 37.5 Å². The molecule has 1 aromatic rings. The first-order chi connectivity index (χ1) is 11.6. The number of aliphatic hydroxyl groups is 1. The number of carbonyl (C=O) groups excluding carboxylic acids is 1. The number of likely N-dealkylation sites (tertiary alicyclic amines) is 1. The van der Waals surface area contributed by atoms with Crippen LogP contribution in [-0.2, 0) is 9.63 Å². The van der Waals surface area contributed by atoms with Gasteiger partial charge >= 0.3 is 0 Å². The van der Waals surface area contributed by atoms with Gasteiger partial charge < -0.3 is 14.8 Å². The first-order valence-corrected chi connectivity index (χ1v) is 8.19. The van der Waals surface area contributed by atoms with Gasteiger partial charge in [-0.25, -0.2) is 8.78 Å². The molecule has 0 radical (unpaired) electrons. The SMILES string of the molecule is O=C(C1CC(c2cc(F)ccc2F)=NO1)N1CCCC1CCCO. The molecular formula is C17H20F2N2O3. The predicted octanol–water partition coefficient (Wildman–Crippen LogP) is 2.22. The summed E-state index contributed by atoms with van der Waals surface area (Å²) in [6, 6.07) is 3.23. The van der Waals surface area contributed by atoms with Gasteiger partial charge in [-0.05, 0) is 43.9 Å². The highest BCUT2D eigenvalue weighted by Gasteiger charge is 2.37. The van der Waals surface area contributed by atoms with Gasteiger partial charge in [0.1, 0.15) is 11.6 Å². The minimum atomic E-state index is -0.794. The zero-order valence-electron chi connectivity index (χ0n) is 13.3. The number of hydrogen-bond donors (Lipinski definition) is 1. The number of aliphatic hydroxyl groups excluding tert-OH is 1. The maximum Gasteiger partial charge on any atom is 0.267 e. The Kier molecular flexibility index (Phi) is 5.08. The highest BCUT2D eigenvalue weighted by molar-refractivity contribution is 6.04. The normalized spacial score (nSPS) is 23.3. The molecule has 0 aromatic heterocycles. The van der Waals surface area contributed by atoms with Crippen LogP contribution in [0.15, 0.2) is 23.4 Å². The van der Waals surface area contributed by atoms with Crippen molar-refractivity contribution in [3.8, 4) is 0 Å². The van der Waals surface area contributed by atoms with Crippen molar-refractivity contribution >= 4 is 11.6 Å². The van der Waals surface area contributed by atoms with Crippen LogP contribution in [0.25, 0.3) is 0 Å². The van der Waals surface area contributed by atoms with Crippen LogP contribution in [0.3, 0.4) is 0 Å². The molecular weight excluding hydrogens is 318 g/mol. The molecule has 2 aliphatic heterocycles. The Morgan fingerprint density at radius 3 is 3.04 bits per heavy atom. The van der Waals surface area contributed by atoms with Crippen LogP contribution in [0, 0.1) is 11.6 Å². The molecule has 2 aliphatic rings. The second-order valence-corrected chi connectivity index (χ2v) is 6.15. The molecule has 1 N–H and O–H groups in total. The Hall–Kier alpha value is -2.02. The molecule has 3 rings (SSSR count). The Morgan fingerprint density at radius 1 is 1.42 bits per heavy atom. The zero-order chi connectivity index (χ0) is 17.1. The lowest BCUT2D eigenvalue weighted by Crippen LogP contribution is -2.42. The van der Waals surface area contributed by atoms with Crippen molar-refractivity contribution in [2.75, 3.05) is 13.2 Å². The highest BCUT2D eigenvalue weighted by Crippen LogP contribution is 2.26. The number of benzene rings is 1. The monoisotopic (exact) mass is 338 g/mol. The van der Waals surface area contributed by atoms with Crippen molar-refractivity contribution in [3.05, 3.63) is 35.4 Å². The lowest BCUT2D eigenvalue weighted by Gasteiger charge is -2.26. The molecule has 2 heterocycles. The van der Waals surface area contributed by atoms with Crippen LogP contribution in [0.1, 0.15) is 37.7 Å². The van der Waals surface area contributed by atoms with Crippen LogP contribution < -0.4 is 0 Å². The van der Waals surface area contributed by atoms with Crippen molar-refractivity contribution in [1.82, 2.24) is 4.90 Å². The van der Waals surface area contributed by atoms with Gasteiger partial charge in [-0.15, -0.1) is 0 Å². The lowest BCUT2D eigenvalue weighted by atomic mass is 10.0. The molecule has 0 bridgehead atoms. The van der Waals surface area contributed by atoms with Gasteiger partial charge in [0.25, 0.3) is 5.91 Å². The summed E-state index contributed by atoms with van der Waals surface area (Å²) in [7, 11) is 0. The molecule has 0 saturated carbocycles. The van der Waals surface area contributed by atoms with Crippen LogP contribution >= 0.6 is 0 Å². The van der Waals surface area contributed by atoms with Gasteiger partial charge in [-0.3, -0.25) is 4.79 Å². The summed E-state index contributed by atoms with van der Waals surface area (Å²) in [6.07, 6.45) is 2.56. The van der Waals surface area contributed by atoms with Gasteiger partial charge in [-0.2, -0.15) is 0 Å². The van der Waals surface area contributed by atoms with Crippen molar-refractivity contribution in [1.29, 1.82) is 0 Å². The van der Waals surface area contributed by atoms with Crippen LogP contribution in [0.4, 0.5) is 8.78 Å². The van der Waals surface area contributed by atoms with Crippen LogP contribution in [-0.4, -0.2) is 46.9 Å². The molecule has 130 valence electrons. The van der Waals surface area contributed by atoms with E-state index in [9.17, 15) is 13.6 Å². The highest BCUT2D eigenvalue weighted by atomic mass is 19.1. The molecule has 0 aliphatic carbocycles. The minimum absolute atomic E-state index is 0.0311. The number of rotatable bonds is 5. The molecule has 7 heteroatoms.